The van der Waals surface area contributed by atoms with Gasteiger partial charge >= 0.3 is 0 Å². The maximum Gasteiger partial charge on any atom is 0.224 e. The first-order valence-corrected chi connectivity index (χ1v) is 6.12. The van der Waals surface area contributed by atoms with Crippen LogP contribution in [0.25, 0.3) is 0 Å². The molecule has 17 heavy (non-hydrogen) atoms. The summed E-state index contributed by atoms with van der Waals surface area (Å²) >= 11 is 0. The van der Waals surface area contributed by atoms with Crippen LogP contribution in [-0.4, -0.2) is 25.1 Å². The number of rotatable bonds is 2. The van der Waals surface area contributed by atoms with Crippen molar-refractivity contribution in [1.29, 1.82) is 0 Å². The van der Waals surface area contributed by atoms with E-state index in [1.54, 1.807) is 0 Å². The van der Waals surface area contributed by atoms with Crippen LogP contribution in [0.3, 0.4) is 0 Å². The Hall–Kier alpha value is -1.55. The monoisotopic (exact) mass is 232 g/mol. The highest BCUT2D eigenvalue weighted by Gasteiger charge is 2.21. The van der Waals surface area contributed by atoms with Crippen LogP contribution in [0.15, 0.2) is 18.2 Å². The topological polar surface area (TPSA) is 50.4 Å². The van der Waals surface area contributed by atoms with E-state index in [9.17, 15) is 4.79 Å². The van der Waals surface area contributed by atoms with E-state index in [1.807, 2.05) is 18.2 Å². The zero-order valence-electron chi connectivity index (χ0n) is 9.66. The van der Waals surface area contributed by atoms with E-state index < -0.39 is 0 Å². The van der Waals surface area contributed by atoms with E-state index in [1.165, 1.54) is 0 Å². The third kappa shape index (κ3) is 2.13. The molecule has 4 nitrogen and oxygen atoms in total. The lowest BCUT2D eigenvalue weighted by Gasteiger charge is -2.22. The number of benzene rings is 1. The summed E-state index contributed by atoms with van der Waals surface area (Å²) in [7, 11) is 0. The fourth-order valence-corrected chi connectivity index (χ4v) is 2.41. The van der Waals surface area contributed by atoms with Crippen LogP contribution in [0.1, 0.15) is 18.4 Å². The molecule has 2 heterocycles. The summed E-state index contributed by atoms with van der Waals surface area (Å²) in [6.45, 7) is 1.94. The lowest BCUT2D eigenvalue weighted by molar-refractivity contribution is -0.116. The van der Waals surface area contributed by atoms with E-state index in [-0.39, 0.29) is 12.0 Å². The Labute approximate surface area is 100 Å². The highest BCUT2D eigenvalue weighted by Crippen LogP contribution is 2.32. The minimum atomic E-state index is 0.0946. The SMILES string of the molecule is O=C1CCc2c(cccc2O[C@H]2CCNC2)N1. The molecule has 0 saturated carbocycles. The standard InChI is InChI=1S/C13H16N2O2/c16-13-5-4-10-11(15-13)2-1-3-12(10)17-9-6-7-14-8-9/h1-3,9,14H,4-8H2,(H,15,16)/t9-/m0/s1. The predicted octanol–water partition coefficient (Wildman–Crippen LogP) is 1.31. The molecule has 2 aliphatic rings. The van der Waals surface area contributed by atoms with Gasteiger partial charge in [0.25, 0.3) is 0 Å². The number of amides is 1. The van der Waals surface area contributed by atoms with Gasteiger partial charge in [0.05, 0.1) is 0 Å². The van der Waals surface area contributed by atoms with Gasteiger partial charge in [0.1, 0.15) is 11.9 Å². The van der Waals surface area contributed by atoms with Crippen LogP contribution in [-0.2, 0) is 11.2 Å². The van der Waals surface area contributed by atoms with Crippen LogP contribution in [0.2, 0.25) is 0 Å². The number of fused-ring (bicyclic) bond motifs is 1. The first-order valence-electron chi connectivity index (χ1n) is 6.12. The maximum atomic E-state index is 11.3. The maximum absolute atomic E-state index is 11.3. The van der Waals surface area contributed by atoms with Crippen molar-refractivity contribution < 1.29 is 9.53 Å². The van der Waals surface area contributed by atoms with Crippen LogP contribution < -0.4 is 15.4 Å². The summed E-state index contributed by atoms with van der Waals surface area (Å²) in [5.74, 6) is 1.02. The van der Waals surface area contributed by atoms with E-state index in [2.05, 4.69) is 10.6 Å². The summed E-state index contributed by atoms with van der Waals surface area (Å²) in [5.41, 5.74) is 2.05. The summed E-state index contributed by atoms with van der Waals surface area (Å²) in [5, 5.41) is 6.18. The van der Waals surface area contributed by atoms with Gasteiger partial charge < -0.3 is 15.4 Å². The lowest BCUT2D eigenvalue weighted by Crippen LogP contribution is -2.23. The van der Waals surface area contributed by atoms with E-state index in [4.69, 9.17) is 4.74 Å². The molecule has 3 rings (SSSR count). The van der Waals surface area contributed by atoms with Gasteiger partial charge in [-0.3, -0.25) is 4.79 Å². The quantitative estimate of drug-likeness (QED) is 0.808. The second kappa shape index (κ2) is 4.37. The molecule has 1 aromatic rings. The molecule has 2 aliphatic heterocycles. The Morgan fingerprint density at radius 2 is 2.24 bits per heavy atom. The molecule has 0 aliphatic carbocycles. The fourth-order valence-electron chi connectivity index (χ4n) is 2.41. The summed E-state index contributed by atoms with van der Waals surface area (Å²) < 4.78 is 6.00. The Kier molecular flexibility index (Phi) is 2.73. The number of hydrogen-bond acceptors (Lipinski definition) is 3. The highest BCUT2D eigenvalue weighted by atomic mass is 16.5. The van der Waals surface area contributed by atoms with Crippen molar-refractivity contribution >= 4 is 11.6 Å². The van der Waals surface area contributed by atoms with Crippen molar-refractivity contribution in [1.82, 2.24) is 5.32 Å². The number of nitrogens with one attached hydrogen (secondary N) is 2. The van der Waals surface area contributed by atoms with Crippen molar-refractivity contribution in [3.05, 3.63) is 23.8 Å². The zero-order chi connectivity index (χ0) is 11.7. The van der Waals surface area contributed by atoms with Gasteiger partial charge in [-0.2, -0.15) is 0 Å². The third-order valence-electron chi connectivity index (χ3n) is 3.32. The van der Waals surface area contributed by atoms with Crippen LogP contribution in [0.5, 0.6) is 5.75 Å². The average molecular weight is 232 g/mol. The van der Waals surface area contributed by atoms with Gasteiger partial charge in [0, 0.05) is 24.2 Å². The van der Waals surface area contributed by atoms with Crippen molar-refractivity contribution in [3.8, 4) is 5.75 Å². The van der Waals surface area contributed by atoms with Crippen LogP contribution in [0.4, 0.5) is 5.69 Å². The molecule has 2 N–H and O–H groups in total. The van der Waals surface area contributed by atoms with Crippen LogP contribution >= 0.6 is 0 Å². The number of ether oxygens (including phenoxy) is 1. The van der Waals surface area contributed by atoms with Gasteiger partial charge in [-0.05, 0) is 31.5 Å². The summed E-state index contributed by atoms with van der Waals surface area (Å²) in [4.78, 5) is 11.3. The van der Waals surface area contributed by atoms with Gasteiger partial charge in [-0.1, -0.05) is 6.07 Å². The molecule has 0 radical (unpaired) electrons. The Morgan fingerprint density at radius 1 is 1.29 bits per heavy atom. The first-order chi connectivity index (χ1) is 8.33. The van der Waals surface area contributed by atoms with Gasteiger partial charge in [0.15, 0.2) is 0 Å². The Balaban J connectivity index is 1.84. The molecule has 4 heteroatoms. The molecular weight excluding hydrogens is 216 g/mol. The van der Waals surface area contributed by atoms with Gasteiger partial charge in [-0.15, -0.1) is 0 Å². The van der Waals surface area contributed by atoms with Crippen molar-refractivity contribution in [2.24, 2.45) is 0 Å². The summed E-state index contributed by atoms with van der Waals surface area (Å²) in [6.07, 6.45) is 2.64. The molecule has 1 saturated heterocycles. The Morgan fingerprint density at radius 3 is 3.06 bits per heavy atom. The molecular formula is C13H16N2O2. The number of hydrogen-bond donors (Lipinski definition) is 2. The molecule has 90 valence electrons. The third-order valence-corrected chi connectivity index (χ3v) is 3.32. The summed E-state index contributed by atoms with van der Waals surface area (Å²) in [6, 6.07) is 5.86. The highest BCUT2D eigenvalue weighted by molar-refractivity contribution is 5.94. The minimum absolute atomic E-state index is 0.0946. The van der Waals surface area contributed by atoms with E-state index in [0.29, 0.717) is 6.42 Å². The lowest BCUT2D eigenvalue weighted by atomic mass is 10.0. The van der Waals surface area contributed by atoms with E-state index >= 15 is 0 Å². The van der Waals surface area contributed by atoms with Crippen LogP contribution in [0, 0.1) is 0 Å². The normalized spacial score (nSPS) is 23.1. The predicted molar refractivity (Wildman–Crippen MR) is 65.3 cm³/mol. The molecule has 0 unspecified atom stereocenters. The van der Waals surface area contributed by atoms with Crippen molar-refractivity contribution in [2.75, 3.05) is 18.4 Å². The zero-order valence-corrected chi connectivity index (χ0v) is 9.66. The number of carbonyl (C=O) groups is 1. The molecule has 0 aromatic heterocycles. The van der Waals surface area contributed by atoms with Crippen molar-refractivity contribution in [2.45, 2.75) is 25.4 Å². The fraction of sp³-hybridized carbons (Fsp3) is 0.462. The Bertz CT molecular complexity index is 439. The first kappa shape index (κ1) is 10.6. The molecule has 0 bridgehead atoms. The smallest absolute Gasteiger partial charge is 0.224 e. The molecule has 1 amide bonds. The second-order valence-electron chi connectivity index (χ2n) is 4.56. The largest absolute Gasteiger partial charge is 0.489 e. The van der Waals surface area contributed by atoms with Crippen molar-refractivity contribution in [3.63, 3.8) is 0 Å². The van der Waals surface area contributed by atoms with Gasteiger partial charge in [-0.25, -0.2) is 0 Å². The van der Waals surface area contributed by atoms with Gasteiger partial charge in [0.2, 0.25) is 5.91 Å². The second-order valence-corrected chi connectivity index (χ2v) is 4.56. The number of anilines is 1. The molecule has 0 spiro atoms. The number of carbonyl (C=O) groups excluding carboxylic acids is 1. The average Bonchev–Trinajstić information content (AvgIpc) is 2.82. The van der Waals surface area contributed by atoms with E-state index in [0.717, 1.165) is 42.9 Å². The molecule has 1 atom stereocenters. The molecule has 1 aromatic carbocycles. The minimum Gasteiger partial charge on any atom is -0.489 e. The molecule has 1 fully saturated rings.